The molecule has 0 unspecified atom stereocenters. The Morgan fingerprint density at radius 3 is 2.91 bits per heavy atom. The molecule has 1 rings (SSSR count). The summed E-state index contributed by atoms with van der Waals surface area (Å²) in [5.41, 5.74) is 0. The van der Waals surface area contributed by atoms with Crippen LogP contribution in [0.15, 0.2) is 17.2 Å². The van der Waals surface area contributed by atoms with Crippen LogP contribution in [0.5, 0.6) is 0 Å². The van der Waals surface area contributed by atoms with Crippen LogP contribution in [0.25, 0.3) is 0 Å². The van der Waals surface area contributed by atoms with Gasteiger partial charge in [0.1, 0.15) is 5.03 Å². The van der Waals surface area contributed by atoms with Crippen LogP contribution in [0, 0.1) is 12.3 Å². The number of terminal acetylenes is 1. The highest BCUT2D eigenvalue weighted by Gasteiger charge is 1.93. The second-order valence-electron chi connectivity index (χ2n) is 1.69. The smallest absolute Gasteiger partial charge is 0.143 e. The molecular weight excluding hydrogens is 180 g/mol. The zero-order valence-electron chi connectivity index (χ0n) is 5.62. The van der Waals surface area contributed by atoms with E-state index in [0.717, 1.165) is 5.03 Å². The average molecular weight is 185 g/mol. The number of thioether (sulfide) groups is 1. The van der Waals surface area contributed by atoms with Gasteiger partial charge in [-0.3, -0.25) is 0 Å². The number of halogens is 1. The fourth-order valence-corrected chi connectivity index (χ4v) is 1.09. The topological polar surface area (TPSA) is 25.8 Å². The number of aromatic nitrogens is 2. The molecule has 0 saturated carbocycles. The monoisotopic (exact) mass is 184 g/mol. The zero-order chi connectivity index (χ0) is 8.10. The third-order valence-corrected chi connectivity index (χ3v) is 1.94. The fourth-order valence-electron chi connectivity index (χ4n) is 0.496. The van der Waals surface area contributed by atoms with Gasteiger partial charge in [-0.05, 0) is 12.1 Å². The molecule has 0 aliphatic carbocycles. The molecule has 1 aromatic heterocycles. The molecule has 0 N–H and O–H groups in total. The molecule has 0 spiro atoms. The summed E-state index contributed by atoms with van der Waals surface area (Å²) in [5, 5.41) is 8.66. The van der Waals surface area contributed by atoms with Crippen LogP contribution in [0.3, 0.4) is 0 Å². The maximum atomic E-state index is 5.52. The Balaban J connectivity index is 2.60. The van der Waals surface area contributed by atoms with E-state index in [9.17, 15) is 0 Å². The van der Waals surface area contributed by atoms with Crippen LogP contribution in [0.2, 0.25) is 5.15 Å². The molecule has 0 aromatic carbocycles. The van der Waals surface area contributed by atoms with Crippen LogP contribution in [0.4, 0.5) is 0 Å². The minimum Gasteiger partial charge on any atom is -0.143 e. The highest BCUT2D eigenvalue weighted by atomic mass is 35.5. The number of hydrogen-bond donors (Lipinski definition) is 0. The van der Waals surface area contributed by atoms with E-state index in [2.05, 4.69) is 16.1 Å². The SMILES string of the molecule is C#CCSc1ccc(Cl)nn1. The van der Waals surface area contributed by atoms with Crippen molar-refractivity contribution >= 4 is 23.4 Å². The first kappa shape index (κ1) is 8.38. The van der Waals surface area contributed by atoms with Crippen molar-refractivity contribution in [2.75, 3.05) is 5.75 Å². The average Bonchev–Trinajstić information content (AvgIpc) is 2.04. The lowest BCUT2D eigenvalue weighted by Gasteiger charge is -1.93. The van der Waals surface area contributed by atoms with Crippen LogP contribution in [-0.4, -0.2) is 16.0 Å². The van der Waals surface area contributed by atoms with Crippen LogP contribution in [-0.2, 0) is 0 Å². The van der Waals surface area contributed by atoms with E-state index in [1.807, 2.05) is 0 Å². The summed E-state index contributed by atoms with van der Waals surface area (Å²) in [4.78, 5) is 0. The van der Waals surface area contributed by atoms with Gasteiger partial charge < -0.3 is 0 Å². The molecule has 0 amide bonds. The summed E-state index contributed by atoms with van der Waals surface area (Å²) < 4.78 is 0. The van der Waals surface area contributed by atoms with Gasteiger partial charge in [0.25, 0.3) is 0 Å². The van der Waals surface area contributed by atoms with Crippen molar-refractivity contribution in [1.29, 1.82) is 0 Å². The second kappa shape index (κ2) is 4.22. The lowest BCUT2D eigenvalue weighted by molar-refractivity contribution is 0.931. The summed E-state index contributed by atoms with van der Waals surface area (Å²) in [6.07, 6.45) is 5.06. The van der Waals surface area contributed by atoms with Crippen LogP contribution >= 0.6 is 23.4 Å². The summed E-state index contributed by atoms with van der Waals surface area (Å²) in [7, 11) is 0. The van der Waals surface area contributed by atoms with Crippen LogP contribution in [0.1, 0.15) is 0 Å². The predicted octanol–water partition coefficient (Wildman–Crippen LogP) is 1.86. The minimum atomic E-state index is 0.398. The number of nitrogens with zero attached hydrogens (tertiary/aromatic N) is 2. The second-order valence-corrected chi connectivity index (χ2v) is 3.07. The molecule has 11 heavy (non-hydrogen) atoms. The van der Waals surface area contributed by atoms with E-state index in [4.69, 9.17) is 18.0 Å². The fraction of sp³-hybridized carbons (Fsp3) is 0.143. The predicted molar refractivity (Wildman–Crippen MR) is 46.6 cm³/mol. The molecule has 0 atom stereocenters. The molecule has 1 aromatic rings. The Bertz CT molecular complexity index is 265. The molecule has 0 fully saturated rings. The Hall–Kier alpha value is -0.720. The van der Waals surface area contributed by atoms with Crippen molar-refractivity contribution in [3.05, 3.63) is 17.3 Å². The Morgan fingerprint density at radius 1 is 1.55 bits per heavy atom. The number of hydrogen-bond acceptors (Lipinski definition) is 3. The molecule has 0 saturated heterocycles. The molecule has 2 nitrogen and oxygen atoms in total. The lowest BCUT2D eigenvalue weighted by atomic mass is 10.6. The van der Waals surface area contributed by atoms with E-state index < -0.39 is 0 Å². The minimum absolute atomic E-state index is 0.398. The molecule has 56 valence electrons. The van der Waals surface area contributed by atoms with Crippen molar-refractivity contribution in [1.82, 2.24) is 10.2 Å². The van der Waals surface area contributed by atoms with Crippen LogP contribution < -0.4 is 0 Å². The Morgan fingerprint density at radius 2 is 2.36 bits per heavy atom. The molecular formula is C7H5ClN2S. The molecule has 0 aliphatic heterocycles. The van der Waals surface area contributed by atoms with Gasteiger partial charge in [-0.15, -0.1) is 16.6 Å². The normalized spacial score (nSPS) is 9.09. The molecule has 0 radical (unpaired) electrons. The van der Waals surface area contributed by atoms with Gasteiger partial charge >= 0.3 is 0 Å². The third-order valence-electron chi connectivity index (χ3n) is 0.911. The van der Waals surface area contributed by atoms with Crippen molar-refractivity contribution in [3.8, 4) is 12.3 Å². The van der Waals surface area contributed by atoms with E-state index in [1.165, 1.54) is 11.8 Å². The largest absolute Gasteiger partial charge is 0.151 e. The van der Waals surface area contributed by atoms with Gasteiger partial charge in [-0.2, -0.15) is 0 Å². The molecule has 0 bridgehead atoms. The van der Waals surface area contributed by atoms with E-state index >= 15 is 0 Å². The number of rotatable bonds is 2. The highest BCUT2D eigenvalue weighted by Crippen LogP contribution is 2.13. The van der Waals surface area contributed by atoms with E-state index in [0.29, 0.717) is 10.9 Å². The van der Waals surface area contributed by atoms with Gasteiger partial charge in [0.05, 0.1) is 5.75 Å². The van der Waals surface area contributed by atoms with Gasteiger partial charge in [0.15, 0.2) is 5.15 Å². The van der Waals surface area contributed by atoms with Crippen molar-refractivity contribution in [2.45, 2.75) is 5.03 Å². The first-order valence-electron chi connectivity index (χ1n) is 2.88. The van der Waals surface area contributed by atoms with Gasteiger partial charge in [-0.1, -0.05) is 29.3 Å². The van der Waals surface area contributed by atoms with E-state index in [-0.39, 0.29) is 0 Å². The summed E-state index contributed by atoms with van der Waals surface area (Å²) in [6, 6.07) is 3.48. The van der Waals surface area contributed by atoms with Gasteiger partial charge in [-0.25, -0.2) is 0 Å². The first-order valence-corrected chi connectivity index (χ1v) is 4.25. The summed E-state index contributed by atoms with van der Waals surface area (Å²) >= 11 is 6.98. The zero-order valence-corrected chi connectivity index (χ0v) is 7.19. The lowest BCUT2D eigenvalue weighted by Crippen LogP contribution is -1.84. The van der Waals surface area contributed by atoms with E-state index in [1.54, 1.807) is 12.1 Å². The maximum absolute atomic E-state index is 5.52. The molecule has 0 aliphatic rings. The van der Waals surface area contributed by atoms with Gasteiger partial charge in [0, 0.05) is 0 Å². The molecule has 1 heterocycles. The highest BCUT2D eigenvalue weighted by molar-refractivity contribution is 7.99. The Labute approximate surface area is 74.4 Å². The van der Waals surface area contributed by atoms with Crippen molar-refractivity contribution in [3.63, 3.8) is 0 Å². The quantitative estimate of drug-likeness (QED) is 0.518. The Kier molecular flexibility index (Phi) is 3.21. The third kappa shape index (κ3) is 2.79. The summed E-state index contributed by atoms with van der Waals surface area (Å²) in [6.45, 7) is 0. The first-order chi connectivity index (χ1) is 5.33. The standard InChI is InChI=1S/C7H5ClN2S/c1-2-5-11-7-4-3-6(8)9-10-7/h1,3-4H,5H2. The molecule has 4 heteroatoms. The maximum Gasteiger partial charge on any atom is 0.151 e. The van der Waals surface area contributed by atoms with Crippen molar-refractivity contribution < 1.29 is 0 Å². The van der Waals surface area contributed by atoms with Crippen molar-refractivity contribution in [2.24, 2.45) is 0 Å². The summed E-state index contributed by atoms with van der Waals surface area (Å²) in [5.74, 6) is 3.10. The van der Waals surface area contributed by atoms with Gasteiger partial charge in [0.2, 0.25) is 0 Å².